The van der Waals surface area contributed by atoms with Crippen LogP contribution in [0.3, 0.4) is 0 Å². The van der Waals surface area contributed by atoms with Gasteiger partial charge in [0.1, 0.15) is 17.6 Å². The van der Waals surface area contributed by atoms with E-state index in [9.17, 15) is 0 Å². The van der Waals surface area contributed by atoms with Crippen molar-refractivity contribution in [2.75, 3.05) is 26.1 Å². The second kappa shape index (κ2) is 8.36. The molecule has 3 heterocycles. The molecule has 0 N–H and O–H groups in total. The second-order valence-corrected chi connectivity index (χ2v) is 8.68. The van der Waals surface area contributed by atoms with Crippen molar-refractivity contribution in [3.8, 4) is 22.9 Å². The molecule has 7 nitrogen and oxygen atoms in total. The molecule has 8 heteroatoms. The van der Waals surface area contributed by atoms with E-state index >= 15 is 0 Å². The summed E-state index contributed by atoms with van der Waals surface area (Å²) >= 11 is 1.62. The molecule has 2 aliphatic heterocycles. The molecule has 1 aromatic heterocycles. The number of rotatable bonds is 5. The van der Waals surface area contributed by atoms with Gasteiger partial charge in [-0.05, 0) is 37.6 Å². The number of ether oxygens (including phenoxy) is 3. The summed E-state index contributed by atoms with van der Waals surface area (Å²) < 4.78 is 19.0. The van der Waals surface area contributed by atoms with Crippen LogP contribution in [0.25, 0.3) is 11.4 Å². The first kappa shape index (κ1) is 20.1. The normalized spacial score (nSPS) is 17.9. The number of hydrogen-bond donors (Lipinski definition) is 0. The Labute approximate surface area is 185 Å². The van der Waals surface area contributed by atoms with Crippen LogP contribution in [0.15, 0.2) is 46.7 Å². The van der Waals surface area contributed by atoms with Crippen molar-refractivity contribution in [3.63, 3.8) is 0 Å². The van der Waals surface area contributed by atoms with Crippen LogP contribution in [0.1, 0.15) is 23.1 Å². The van der Waals surface area contributed by atoms with Gasteiger partial charge >= 0.3 is 0 Å². The predicted molar refractivity (Wildman–Crippen MR) is 120 cm³/mol. The van der Waals surface area contributed by atoms with E-state index in [1.54, 1.807) is 18.9 Å². The zero-order chi connectivity index (χ0) is 21.4. The van der Waals surface area contributed by atoms with Crippen molar-refractivity contribution in [1.29, 1.82) is 0 Å². The van der Waals surface area contributed by atoms with E-state index in [1.807, 2.05) is 29.8 Å². The summed E-state index contributed by atoms with van der Waals surface area (Å²) in [5, 5.41) is 14.4. The highest BCUT2D eigenvalue weighted by Crippen LogP contribution is 2.34. The summed E-state index contributed by atoms with van der Waals surface area (Å²) in [5.41, 5.74) is 5.10. The molecule has 2 aliphatic rings. The third-order valence-electron chi connectivity index (χ3n) is 5.47. The summed E-state index contributed by atoms with van der Waals surface area (Å²) in [7, 11) is 1.66. The minimum absolute atomic E-state index is 0.112. The first-order valence-corrected chi connectivity index (χ1v) is 11.3. The molecular formula is C23H24N4O3S. The molecule has 1 atom stereocenters. The van der Waals surface area contributed by atoms with Crippen LogP contribution in [0.2, 0.25) is 0 Å². The average molecular weight is 437 g/mol. The third-order valence-corrected chi connectivity index (χ3v) is 6.40. The Hall–Kier alpha value is -2.84. The number of methoxy groups -OCH3 is 1. The molecule has 0 unspecified atom stereocenters. The van der Waals surface area contributed by atoms with Crippen molar-refractivity contribution >= 4 is 17.5 Å². The monoisotopic (exact) mass is 436 g/mol. The van der Waals surface area contributed by atoms with Gasteiger partial charge in [0.2, 0.25) is 5.16 Å². The number of thioether (sulfide) groups is 1. The number of nitrogens with zero attached hydrogens (tertiary/aromatic N) is 4. The number of hydrogen-bond acceptors (Lipinski definition) is 7. The molecule has 31 heavy (non-hydrogen) atoms. The summed E-state index contributed by atoms with van der Waals surface area (Å²) in [6.45, 7) is 5.51. The van der Waals surface area contributed by atoms with Gasteiger partial charge in [-0.15, -0.1) is 10.2 Å². The third kappa shape index (κ3) is 3.93. The van der Waals surface area contributed by atoms with Gasteiger partial charge in [0.25, 0.3) is 0 Å². The van der Waals surface area contributed by atoms with Crippen molar-refractivity contribution in [2.45, 2.75) is 31.5 Å². The van der Waals surface area contributed by atoms with Gasteiger partial charge in [0, 0.05) is 17.7 Å². The Morgan fingerprint density at radius 2 is 2.00 bits per heavy atom. The van der Waals surface area contributed by atoms with E-state index in [1.165, 1.54) is 0 Å². The highest BCUT2D eigenvalue weighted by atomic mass is 32.2. The molecule has 0 amide bonds. The molecule has 0 aliphatic carbocycles. The minimum atomic E-state index is 0.112. The van der Waals surface area contributed by atoms with Gasteiger partial charge in [-0.1, -0.05) is 35.5 Å². The molecule has 0 spiro atoms. The lowest BCUT2D eigenvalue weighted by Gasteiger charge is -2.18. The summed E-state index contributed by atoms with van der Waals surface area (Å²) in [5.74, 6) is 3.03. The maximum Gasteiger partial charge on any atom is 0.212 e. The minimum Gasteiger partial charge on any atom is -0.496 e. The lowest BCUT2D eigenvalue weighted by molar-refractivity contribution is 0.141. The zero-order valence-corrected chi connectivity index (χ0v) is 18.6. The van der Waals surface area contributed by atoms with E-state index in [-0.39, 0.29) is 6.10 Å². The molecule has 5 rings (SSSR count). The SMILES string of the molecule is COc1ccc(C)cc1-c1nnc2n1N=C(c1ccc(C)c(O[C@@H]3CCOC3)c1)CS2. The van der Waals surface area contributed by atoms with E-state index in [2.05, 4.69) is 35.3 Å². The molecule has 1 fully saturated rings. The zero-order valence-electron chi connectivity index (χ0n) is 17.8. The maximum atomic E-state index is 6.19. The average Bonchev–Trinajstić information content (AvgIpc) is 3.44. The molecule has 1 saturated heterocycles. The molecular weight excluding hydrogens is 412 g/mol. The Morgan fingerprint density at radius 3 is 2.81 bits per heavy atom. The van der Waals surface area contributed by atoms with Gasteiger partial charge in [0.15, 0.2) is 5.82 Å². The number of aryl methyl sites for hydroxylation is 2. The van der Waals surface area contributed by atoms with Crippen LogP contribution >= 0.6 is 11.8 Å². The van der Waals surface area contributed by atoms with Gasteiger partial charge < -0.3 is 14.2 Å². The second-order valence-electron chi connectivity index (χ2n) is 7.74. The van der Waals surface area contributed by atoms with Gasteiger partial charge in [-0.2, -0.15) is 9.78 Å². The maximum absolute atomic E-state index is 6.19. The number of benzene rings is 2. The Morgan fingerprint density at radius 1 is 1.10 bits per heavy atom. The fourth-order valence-electron chi connectivity index (χ4n) is 3.73. The van der Waals surface area contributed by atoms with Gasteiger partial charge in [-0.25, -0.2) is 0 Å². The smallest absolute Gasteiger partial charge is 0.212 e. The molecule has 0 bridgehead atoms. The van der Waals surface area contributed by atoms with E-state index in [4.69, 9.17) is 19.3 Å². The Bertz CT molecular complexity index is 1150. The largest absolute Gasteiger partial charge is 0.496 e. The number of aromatic nitrogens is 3. The van der Waals surface area contributed by atoms with E-state index in [0.29, 0.717) is 12.4 Å². The van der Waals surface area contributed by atoms with Gasteiger partial charge in [0.05, 0.1) is 31.6 Å². The van der Waals surface area contributed by atoms with Crippen LogP contribution in [0.5, 0.6) is 11.5 Å². The fourth-order valence-corrected chi connectivity index (χ4v) is 4.56. The first-order valence-electron chi connectivity index (χ1n) is 10.3. The molecule has 0 saturated carbocycles. The van der Waals surface area contributed by atoms with E-state index in [0.717, 1.165) is 63.4 Å². The molecule has 2 aromatic carbocycles. The first-order chi connectivity index (χ1) is 15.1. The Balaban J connectivity index is 1.52. The highest BCUT2D eigenvalue weighted by molar-refractivity contribution is 7.99. The quantitative estimate of drug-likeness (QED) is 0.600. The predicted octanol–water partition coefficient (Wildman–Crippen LogP) is 4.10. The lowest BCUT2D eigenvalue weighted by Crippen LogP contribution is -2.17. The van der Waals surface area contributed by atoms with Crippen LogP contribution < -0.4 is 9.47 Å². The van der Waals surface area contributed by atoms with Crippen molar-refractivity contribution < 1.29 is 14.2 Å². The lowest BCUT2D eigenvalue weighted by atomic mass is 10.1. The summed E-state index contributed by atoms with van der Waals surface area (Å²) in [6, 6.07) is 12.3. The van der Waals surface area contributed by atoms with Crippen LogP contribution in [-0.2, 0) is 4.74 Å². The van der Waals surface area contributed by atoms with Crippen LogP contribution in [0.4, 0.5) is 0 Å². The van der Waals surface area contributed by atoms with Gasteiger partial charge in [-0.3, -0.25) is 0 Å². The topological polar surface area (TPSA) is 70.8 Å². The number of fused-ring (bicyclic) bond motifs is 1. The Kier molecular flexibility index (Phi) is 5.41. The molecule has 3 aromatic rings. The van der Waals surface area contributed by atoms with Crippen molar-refractivity contribution in [3.05, 3.63) is 53.1 Å². The van der Waals surface area contributed by atoms with Crippen LogP contribution in [-0.4, -0.2) is 52.8 Å². The molecule has 160 valence electrons. The van der Waals surface area contributed by atoms with Crippen LogP contribution in [0, 0.1) is 13.8 Å². The van der Waals surface area contributed by atoms with Crippen molar-refractivity contribution in [2.24, 2.45) is 5.10 Å². The van der Waals surface area contributed by atoms with Crippen molar-refractivity contribution in [1.82, 2.24) is 14.9 Å². The standard InChI is InChI=1S/C23H24N4O3S/c1-14-4-7-20(28-3)18(10-14)22-24-25-23-27(22)26-19(13-31-23)16-6-5-15(2)21(11-16)30-17-8-9-29-12-17/h4-7,10-11,17H,8-9,12-13H2,1-3H3/t17-/m1/s1. The van der Waals surface area contributed by atoms with E-state index < -0.39 is 0 Å². The summed E-state index contributed by atoms with van der Waals surface area (Å²) in [4.78, 5) is 0. The molecule has 0 radical (unpaired) electrons. The fraction of sp³-hybridized carbons (Fsp3) is 0.348. The highest BCUT2D eigenvalue weighted by Gasteiger charge is 2.24. The summed E-state index contributed by atoms with van der Waals surface area (Å²) in [6.07, 6.45) is 1.04.